The van der Waals surface area contributed by atoms with Crippen LogP contribution in [-0.4, -0.2) is 10.1 Å². The molecule has 0 unspecified atom stereocenters. The van der Waals surface area contributed by atoms with Crippen LogP contribution in [0.5, 0.6) is 0 Å². The lowest BCUT2D eigenvalue weighted by Gasteiger charge is -1.99. The molecule has 0 atom stereocenters. The quantitative estimate of drug-likeness (QED) is 0.585. The molecule has 0 radical (unpaired) electrons. The normalized spacial score (nSPS) is 10.6. The zero-order valence-electron chi connectivity index (χ0n) is 10.7. The van der Waals surface area contributed by atoms with Crippen LogP contribution < -0.4 is 5.73 Å². The fourth-order valence-electron chi connectivity index (χ4n) is 1.76. The van der Waals surface area contributed by atoms with Crippen LogP contribution in [0.15, 0.2) is 64.0 Å². The van der Waals surface area contributed by atoms with Crippen LogP contribution in [0.25, 0.3) is 11.5 Å². The van der Waals surface area contributed by atoms with Gasteiger partial charge in [-0.3, -0.25) is 0 Å². The van der Waals surface area contributed by atoms with Gasteiger partial charge in [-0.25, -0.2) is 0 Å². The fraction of sp³-hybridized carbons (Fsp3) is 0.0667. The second kappa shape index (κ2) is 5.79. The fourth-order valence-corrected chi connectivity index (χ4v) is 2.57. The third-order valence-electron chi connectivity index (χ3n) is 2.71. The largest absolute Gasteiger partial charge is 0.399 e. The van der Waals surface area contributed by atoms with E-state index >= 15 is 0 Å². The predicted molar refractivity (Wildman–Crippen MR) is 80.1 cm³/mol. The van der Waals surface area contributed by atoms with Crippen molar-refractivity contribution in [3.63, 3.8) is 0 Å². The topological polar surface area (TPSA) is 64.9 Å². The van der Waals surface area contributed by atoms with Gasteiger partial charge in [0.2, 0.25) is 0 Å². The maximum absolute atomic E-state index is 5.74. The molecule has 3 aromatic rings. The van der Waals surface area contributed by atoms with E-state index in [1.54, 1.807) is 11.8 Å². The van der Waals surface area contributed by atoms with Crippen LogP contribution in [-0.2, 0) is 5.75 Å². The lowest BCUT2D eigenvalue weighted by atomic mass is 10.2. The van der Waals surface area contributed by atoms with E-state index in [-0.39, 0.29) is 0 Å². The second-order valence-electron chi connectivity index (χ2n) is 4.24. The SMILES string of the molecule is Nc1cccc(SCc2noc(-c3ccccc3)n2)c1. The molecule has 0 aliphatic rings. The Morgan fingerprint density at radius 1 is 1.05 bits per heavy atom. The average molecular weight is 283 g/mol. The van der Waals surface area contributed by atoms with Gasteiger partial charge in [0.05, 0.1) is 5.75 Å². The first-order valence-electron chi connectivity index (χ1n) is 6.17. The van der Waals surface area contributed by atoms with Gasteiger partial charge in [-0.15, -0.1) is 11.8 Å². The zero-order chi connectivity index (χ0) is 13.8. The van der Waals surface area contributed by atoms with Gasteiger partial charge in [0.25, 0.3) is 5.89 Å². The number of nitrogens with zero attached hydrogens (tertiary/aromatic N) is 2. The molecule has 0 amide bonds. The first kappa shape index (κ1) is 12.7. The van der Waals surface area contributed by atoms with Crippen molar-refractivity contribution in [3.8, 4) is 11.5 Å². The summed E-state index contributed by atoms with van der Waals surface area (Å²) >= 11 is 1.63. The van der Waals surface area contributed by atoms with Gasteiger partial charge in [-0.2, -0.15) is 4.98 Å². The number of nitrogen functional groups attached to an aromatic ring is 1. The minimum absolute atomic E-state index is 0.550. The van der Waals surface area contributed by atoms with Crippen LogP contribution in [0, 0.1) is 0 Å². The number of aromatic nitrogens is 2. The third-order valence-corrected chi connectivity index (χ3v) is 3.70. The molecule has 2 aromatic carbocycles. The molecule has 0 fully saturated rings. The van der Waals surface area contributed by atoms with Gasteiger partial charge in [0.15, 0.2) is 5.82 Å². The highest BCUT2D eigenvalue weighted by molar-refractivity contribution is 7.98. The lowest BCUT2D eigenvalue weighted by Crippen LogP contribution is -1.86. The first-order valence-corrected chi connectivity index (χ1v) is 7.16. The second-order valence-corrected chi connectivity index (χ2v) is 5.29. The summed E-state index contributed by atoms with van der Waals surface area (Å²) < 4.78 is 5.26. The Morgan fingerprint density at radius 3 is 2.70 bits per heavy atom. The third kappa shape index (κ3) is 3.00. The Morgan fingerprint density at radius 2 is 1.90 bits per heavy atom. The molecule has 0 spiro atoms. The molecule has 4 nitrogen and oxygen atoms in total. The molecule has 2 N–H and O–H groups in total. The van der Waals surface area contributed by atoms with Crippen molar-refractivity contribution in [2.24, 2.45) is 0 Å². The Kier molecular flexibility index (Phi) is 3.69. The van der Waals surface area contributed by atoms with Crippen LogP contribution >= 0.6 is 11.8 Å². The van der Waals surface area contributed by atoms with Crippen LogP contribution in [0.2, 0.25) is 0 Å². The van der Waals surface area contributed by atoms with Gasteiger partial charge in [0.1, 0.15) is 0 Å². The van der Waals surface area contributed by atoms with Crippen molar-refractivity contribution in [3.05, 3.63) is 60.4 Å². The lowest BCUT2D eigenvalue weighted by molar-refractivity contribution is 0.425. The van der Waals surface area contributed by atoms with E-state index in [9.17, 15) is 0 Å². The smallest absolute Gasteiger partial charge is 0.257 e. The number of hydrogen-bond donors (Lipinski definition) is 1. The Labute approximate surface area is 121 Å². The van der Waals surface area contributed by atoms with Crippen molar-refractivity contribution < 1.29 is 4.52 Å². The van der Waals surface area contributed by atoms with Gasteiger partial charge >= 0.3 is 0 Å². The summed E-state index contributed by atoms with van der Waals surface area (Å²) in [6.07, 6.45) is 0. The Hall–Kier alpha value is -2.27. The highest BCUT2D eigenvalue weighted by Gasteiger charge is 2.08. The molecule has 100 valence electrons. The Bertz CT molecular complexity index is 697. The molecule has 0 saturated carbocycles. The number of benzene rings is 2. The molecule has 20 heavy (non-hydrogen) atoms. The monoisotopic (exact) mass is 283 g/mol. The van der Waals surface area contributed by atoms with Gasteiger partial charge in [-0.05, 0) is 30.3 Å². The molecule has 1 aromatic heterocycles. The van der Waals surface area contributed by atoms with Crippen LogP contribution in [0.4, 0.5) is 5.69 Å². The van der Waals surface area contributed by atoms with E-state index in [4.69, 9.17) is 10.3 Å². The van der Waals surface area contributed by atoms with Crippen LogP contribution in [0.3, 0.4) is 0 Å². The van der Waals surface area contributed by atoms with E-state index in [2.05, 4.69) is 10.1 Å². The predicted octanol–water partition coefficient (Wildman–Crippen LogP) is 3.61. The molecule has 1 heterocycles. The summed E-state index contributed by atoms with van der Waals surface area (Å²) in [7, 11) is 0. The van der Waals surface area contributed by atoms with E-state index in [1.165, 1.54) is 0 Å². The van der Waals surface area contributed by atoms with Crippen molar-refractivity contribution in [1.29, 1.82) is 0 Å². The van der Waals surface area contributed by atoms with Crippen LogP contribution in [0.1, 0.15) is 5.82 Å². The summed E-state index contributed by atoms with van der Waals surface area (Å²) in [5, 5.41) is 3.99. The van der Waals surface area contributed by atoms with Crippen molar-refractivity contribution in [1.82, 2.24) is 10.1 Å². The molecular formula is C15H13N3OS. The first-order chi connectivity index (χ1) is 9.81. The molecule has 0 bridgehead atoms. The highest BCUT2D eigenvalue weighted by Crippen LogP contribution is 2.24. The number of anilines is 1. The van der Waals surface area contributed by atoms with Gasteiger partial charge in [0, 0.05) is 16.1 Å². The number of rotatable bonds is 4. The average Bonchev–Trinajstić information content (AvgIpc) is 2.95. The molecule has 0 saturated heterocycles. The number of thioether (sulfide) groups is 1. The molecule has 0 aliphatic heterocycles. The molecule has 0 aliphatic carbocycles. The minimum Gasteiger partial charge on any atom is -0.399 e. The van der Waals surface area contributed by atoms with E-state index < -0.39 is 0 Å². The van der Waals surface area contributed by atoms with E-state index in [0.29, 0.717) is 17.5 Å². The van der Waals surface area contributed by atoms with Crippen molar-refractivity contribution in [2.75, 3.05) is 5.73 Å². The summed E-state index contributed by atoms with van der Waals surface area (Å²) in [5.41, 5.74) is 7.43. The number of nitrogens with two attached hydrogens (primary N) is 1. The van der Waals surface area contributed by atoms with Gasteiger partial charge < -0.3 is 10.3 Å². The summed E-state index contributed by atoms with van der Waals surface area (Å²) in [5.74, 6) is 1.88. The minimum atomic E-state index is 0.550. The standard InChI is InChI=1S/C15H13N3OS/c16-12-7-4-8-13(9-12)20-10-14-17-15(19-18-14)11-5-2-1-3-6-11/h1-9H,10,16H2. The molecule has 5 heteroatoms. The van der Waals surface area contributed by atoms with Crippen molar-refractivity contribution in [2.45, 2.75) is 10.6 Å². The Balaban J connectivity index is 1.69. The summed E-state index contributed by atoms with van der Waals surface area (Å²) in [6, 6.07) is 17.5. The van der Waals surface area contributed by atoms with Gasteiger partial charge in [-0.1, -0.05) is 29.4 Å². The summed E-state index contributed by atoms with van der Waals surface area (Å²) in [4.78, 5) is 5.48. The van der Waals surface area contributed by atoms with E-state index in [0.717, 1.165) is 16.1 Å². The molecular weight excluding hydrogens is 270 g/mol. The van der Waals surface area contributed by atoms with E-state index in [1.807, 2.05) is 54.6 Å². The number of hydrogen-bond acceptors (Lipinski definition) is 5. The maximum Gasteiger partial charge on any atom is 0.257 e. The summed E-state index contributed by atoms with van der Waals surface area (Å²) in [6.45, 7) is 0. The highest BCUT2D eigenvalue weighted by atomic mass is 32.2. The zero-order valence-corrected chi connectivity index (χ0v) is 11.5. The van der Waals surface area contributed by atoms with Crippen molar-refractivity contribution >= 4 is 17.4 Å². The molecule has 3 rings (SSSR count). The maximum atomic E-state index is 5.74.